The lowest BCUT2D eigenvalue weighted by Gasteiger charge is -2.40. The Hall–Kier alpha value is -3.69. The molecule has 3 aliphatic heterocycles. The fourth-order valence-electron chi connectivity index (χ4n) is 6.40. The Kier molecular flexibility index (Phi) is 10.5. The first kappa shape index (κ1) is 30.8. The number of carbonyl (C=O) groups excluding carboxylic acids is 3. The molecule has 0 aliphatic carbocycles. The monoisotopic (exact) mass is 588 g/mol. The molecule has 0 unspecified atom stereocenters. The van der Waals surface area contributed by atoms with Crippen LogP contribution in [-0.2, 0) is 25.5 Å². The van der Waals surface area contributed by atoms with Gasteiger partial charge in [0.05, 0.1) is 18.6 Å². The maximum absolute atomic E-state index is 13.8. The lowest BCUT2D eigenvalue weighted by molar-refractivity contribution is -0.140. The first-order chi connectivity index (χ1) is 20.9. The number of nitrogens with zero attached hydrogens (tertiary/aromatic N) is 1. The van der Waals surface area contributed by atoms with Gasteiger partial charge in [-0.2, -0.15) is 0 Å². The molecule has 9 heteroatoms. The van der Waals surface area contributed by atoms with Crippen LogP contribution < -0.4 is 20.7 Å². The molecule has 230 valence electrons. The highest BCUT2D eigenvalue weighted by Gasteiger charge is 2.41. The number of fused-ring (bicyclic) bond motifs is 1. The van der Waals surface area contributed by atoms with E-state index in [-0.39, 0.29) is 36.2 Å². The van der Waals surface area contributed by atoms with Crippen molar-refractivity contribution in [2.24, 2.45) is 11.3 Å². The van der Waals surface area contributed by atoms with Gasteiger partial charge in [-0.15, -0.1) is 0 Å². The topological polar surface area (TPSA) is 109 Å². The molecule has 2 saturated heterocycles. The molecule has 0 bridgehead atoms. The minimum atomic E-state index is -0.670. The third-order valence-corrected chi connectivity index (χ3v) is 8.91. The predicted molar refractivity (Wildman–Crippen MR) is 166 cm³/mol. The number of hydrogen-bond donors (Lipinski definition) is 3. The number of amides is 3. The van der Waals surface area contributed by atoms with Crippen LogP contribution in [0.5, 0.6) is 5.75 Å². The minimum Gasteiger partial charge on any atom is -0.494 e. The van der Waals surface area contributed by atoms with Crippen molar-refractivity contribution < 1.29 is 23.9 Å². The van der Waals surface area contributed by atoms with Crippen LogP contribution in [-0.4, -0.2) is 74.2 Å². The fraction of sp³-hybridized carbons (Fsp3) is 0.500. The molecular weight excluding hydrogens is 544 g/mol. The first-order valence-electron chi connectivity index (χ1n) is 15.6. The van der Waals surface area contributed by atoms with Crippen LogP contribution in [0.4, 0.5) is 5.69 Å². The molecule has 3 N–H and O–H groups in total. The van der Waals surface area contributed by atoms with E-state index in [2.05, 4.69) is 33.0 Å². The van der Waals surface area contributed by atoms with Gasteiger partial charge in [-0.25, -0.2) is 0 Å². The van der Waals surface area contributed by atoms with E-state index in [4.69, 9.17) is 9.47 Å². The Bertz CT molecular complexity index is 1260. The van der Waals surface area contributed by atoms with E-state index in [1.54, 1.807) is 0 Å². The van der Waals surface area contributed by atoms with Crippen LogP contribution in [0, 0.1) is 11.3 Å². The Labute approximate surface area is 254 Å². The summed E-state index contributed by atoms with van der Waals surface area (Å²) in [4.78, 5) is 42.6. The van der Waals surface area contributed by atoms with Gasteiger partial charge in [0.15, 0.2) is 0 Å². The van der Waals surface area contributed by atoms with Crippen LogP contribution in [0.3, 0.4) is 0 Å². The van der Waals surface area contributed by atoms with Gasteiger partial charge in [0, 0.05) is 44.5 Å². The average Bonchev–Trinajstić information content (AvgIpc) is 3.01. The standard InChI is InChI=1S/C34H44N4O5/c1-2-43-28-13-11-27(12-14-28)35-31(39)24-38-19-15-29-26(23-38)10-6-7-16-34(17-20-42-21-18-34)33(41)37-30(32(40)36-29)22-25-8-4-3-5-9-25/h3-9,11-14,26,29-30H,2,10,15-24H2,1H3,(H,35,39)(H,36,40)(H,37,41)/b7-6+/t26-,29+,30-/m1/s1. The molecule has 2 fully saturated rings. The smallest absolute Gasteiger partial charge is 0.243 e. The zero-order chi connectivity index (χ0) is 30.1. The van der Waals surface area contributed by atoms with E-state index >= 15 is 0 Å². The Morgan fingerprint density at radius 2 is 1.81 bits per heavy atom. The average molecular weight is 589 g/mol. The molecule has 3 heterocycles. The number of hydrogen-bond acceptors (Lipinski definition) is 6. The van der Waals surface area contributed by atoms with Crippen molar-refractivity contribution in [1.29, 1.82) is 0 Å². The maximum atomic E-state index is 13.8. The van der Waals surface area contributed by atoms with Crippen LogP contribution in [0.25, 0.3) is 0 Å². The Morgan fingerprint density at radius 1 is 1.05 bits per heavy atom. The SMILES string of the molecule is CCOc1ccc(NC(=O)CN2CC[C@@H]3NC(=O)[C@@H](Cc4ccccc4)NC(=O)C4(C/C=C/C[C@@H]3C2)CCOCC4)cc1. The molecule has 2 aromatic rings. The van der Waals surface area contributed by atoms with E-state index in [9.17, 15) is 14.4 Å². The number of benzene rings is 2. The normalized spacial score (nSPS) is 25.3. The molecular formula is C34H44N4O5. The summed E-state index contributed by atoms with van der Waals surface area (Å²) in [6.07, 6.45) is 8.09. The predicted octanol–water partition coefficient (Wildman–Crippen LogP) is 3.70. The van der Waals surface area contributed by atoms with Crippen molar-refractivity contribution in [1.82, 2.24) is 15.5 Å². The highest BCUT2D eigenvalue weighted by Crippen LogP contribution is 2.36. The molecule has 3 aliphatic rings. The lowest BCUT2D eigenvalue weighted by atomic mass is 9.75. The second-order valence-corrected chi connectivity index (χ2v) is 11.9. The molecule has 5 rings (SSSR count). The zero-order valence-electron chi connectivity index (χ0n) is 25.1. The number of allylic oxidation sites excluding steroid dienone is 2. The molecule has 3 amide bonds. The number of rotatable bonds is 7. The number of anilines is 1. The van der Waals surface area contributed by atoms with Gasteiger partial charge >= 0.3 is 0 Å². The highest BCUT2D eigenvalue weighted by atomic mass is 16.5. The largest absolute Gasteiger partial charge is 0.494 e. The second kappa shape index (κ2) is 14.7. The molecule has 0 radical (unpaired) electrons. The van der Waals surface area contributed by atoms with Crippen molar-refractivity contribution in [3.63, 3.8) is 0 Å². The van der Waals surface area contributed by atoms with E-state index in [1.807, 2.05) is 61.5 Å². The molecule has 0 saturated carbocycles. The van der Waals surface area contributed by atoms with Gasteiger partial charge in [0.1, 0.15) is 11.8 Å². The van der Waals surface area contributed by atoms with Crippen molar-refractivity contribution in [3.8, 4) is 5.75 Å². The summed E-state index contributed by atoms with van der Waals surface area (Å²) in [5, 5.41) is 9.43. The number of likely N-dealkylation sites (tertiary alicyclic amines) is 1. The van der Waals surface area contributed by atoms with E-state index in [0.29, 0.717) is 58.6 Å². The summed E-state index contributed by atoms with van der Waals surface area (Å²) < 4.78 is 11.1. The third-order valence-electron chi connectivity index (χ3n) is 8.91. The summed E-state index contributed by atoms with van der Waals surface area (Å²) in [6.45, 7) is 5.28. The molecule has 1 spiro atoms. The molecule has 0 aromatic heterocycles. The fourth-order valence-corrected chi connectivity index (χ4v) is 6.40. The maximum Gasteiger partial charge on any atom is 0.243 e. The second-order valence-electron chi connectivity index (χ2n) is 11.9. The van der Waals surface area contributed by atoms with Gasteiger partial charge in [0.2, 0.25) is 17.7 Å². The van der Waals surface area contributed by atoms with Crippen molar-refractivity contribution in [3.05, 3.63) is 72.3 Å². The molecule has 9 nitrogen and oxygen atoms in total. The van der Waals surface area contributed by atoms with Gasteiger partial charge in [0.25, 0.3) is 0 Å². The van der Waals surface area contributed by atoms with E-state index < -0.39 is 11.5 Å². The van der Waals surface area contributed by atoms with Crippen LogP contribution in [0.1, 0.15) is 44.6 Å². The summed E-state index contributed by atoms with van der Waals surface area (Å²) >= 11 is 0. The number of carbonyl (C=O) groups is 3. The lowest BCUT2D eigenvalue weighted by Crippen LogP contribution is -2.58. The quantitative estimate of drug-likeness (QED) is 0.426. The number of nitrogens with one attached hydrogen (secondary N) is 3. The zero-order valence-corrected chi connectivity index (χ0v) is 25.1. The van der Waals surface area contributed by atoms with Crippen molar-refractivity contribution >= 4 is 23.4 Å². The van der Waals surface area contributed by atoms with Crippen LogP contribution in [0.2, 0.25) is 0 Å². The summed E-state index contributed by atoms with van der Waals surface area (Å²) in [5.74, 6) is 0.629. The van der Waals surface area contributed by atoms with Gasteiger partial charge in [-0.1, -0.05) is 42.5 Å². The summed E-state index contributed by atoms with van der Waals surface area (Å²) in [6, 6.07) is 16.5. The van der Waals surface area contributed by atoms with E-state index in [0.717, 1.165) is 29.8 Å². The van der Waals surface area contributed by atoms with Gasteiger partial charge in [-0.05, 0) is 74.8 Å². The summed E-state index contributed by atoms with van der Waals surface area (Å²) in [5.41, 5.74) is 1.15. The van der Waals surface area contributed by atoms with E-state index in [1.165, 1.54) is 0 Å². The third kappa shape index (κ3) is 8.24. The van der Waals surface area contributed by atoms with Crippen LogP contribution >= 0.6 is 0 Å². The highest BCUT2D eigenvalue weighted by molar-refractivity contribution is 5.92. The number of ether oxygens (including phenoxy) is 2. The molecule has 3 atom stereocenters. The Morgan fingerprint density at radius 3 is 2.56 bits per heavy atom. The minimum absolute atomic E-state index is 0.0470. The van der Waals surface area contributed by atoms with Gasteiger partial charge < -0.3 is 25.4 Å². The van der Waals surface area contributed by atoms with Crippen LogP contribution in [0.15, 0.2) is 66.7 Å². The van der Waals surface area contributed by atoms with Crippen molar-refractivity contribution in [2.75, 3.05) is 44.8 Å². The van der Waals surface area contributed by atoms with Crippen molar-refractivity contribution in [2.45, 2.75) is 57.5 Å². The number of piperidine rings is 1. The summed E-state index contributed by atoms with van der Waals surface area (Å²) in [7, 11) is 0. The molecule has 43 heavy (non-hydrogen) atoms. The Balaban J connectivity index is 1.28. The van der Waals surface area contributed by atoms with Gasteiger partial charge in [-0.3, -0.25) is 19.3 Å². The molecule has 2 aromatic carbocycles. The first-order valence-corrected chi connectivity index (χ1v) is 15.6.